The molecule has 0 amide bonds. The zero-order valence-electron chi connectivity index (χ0n) is 12.6. The first-order valence-electron chi connectivity index (χ1n) is 6.97. The quantitative estimate of drug-likeness (QED) is 0.338. The molecular weight excluding hydrogens is 300 g/mol. The largest absolute Gasteiger partial charge is 0.775 e. The van der Waals surface area contributed by atoms with E-state index in [1.165, 1.54) is 11.8 Å². The molecule has 1 aromatic carbocycles. The average Bonchev–Trinajstić information content (AvgIpc) is 2.96. The number of methoxy groups -OCH3 is 1. The van der Waals surface area contributed by atoms with E-state index in [4.69, 9.17) is 4.52 Å². The van der Waals surface area contributed by atoms with Gasteiger partial charge in [0.2, 0.25) is 5.27 Å². The number of rotatable bonds is 7. The number of aryl methyl sites for hydroxylation is 1. The molecule has 2 aromatic rings. The van der Waals surface area contributed by atoms with Crippen LogP contribution in [0.15, 0.2) is 45.2 Å². The predicted octanol–water partition coefficient (Wildman–Crippen LogP) is 2.67. The van der Waals surface area contributed by atoms with Gasteiger partial charge in [0.25, 0.3) is 0 Å². The molecule has 2 rings (SSSR count). The van der Waals surface area contributed by atoms with E-state index in [0.717, 1.165) is 5.56 Å². The molecule has 0 N–H and O–H groups in total. The Bertz CT molecular complexity index is 695. The van der Waals surface area contributed by atoms with Gasteiger partial charge in [-0.1, -0.05) is 30.3 Å². The molecular formula is C15H16N4O4. The molecule has 0 saturated carbocycles. The van der Waals surface area contributed by atoms with Gasteiger partial charge in [0.1, 0.15) is 0 Å². The van der Waals surface area contributed by atoms with Gasteiger partial charge in [-0.3, -0.25) is 9.32 Å². The lowest BCUT2D eigenvalue weighted by atomic mass is 10.2. The molecule has 0 aliphatic rings. The minimum atomic E-state index is -0.296. The second kappa shape index (κ2) is 8.42. The van der Waals surface area contributed by atoms with Crippen molar-refractivity contribution in [3.63, 3.8) is 0 Å². The minimum absolute atomic E-state index is 0.0187. The molecule has 0 aliphatic carbocycles. The summed E-state index contributed by atoms with van der Waals surface area (Å²) in [6, 6.07) is 9.60. The van der Waals surface area contributed by atoms with E-state index < -0.39 is 0 Å². The second-order valence-electron chi connectivity index (χ2n) is 4.59. The number of carbonyl (C=O) groups is 1. The predicted molar refractivity (Wildman–Crippen MR) is 81.2 cm³/mol. The molecule has 0 atom stereocenters. The SMILES string of the molecule is COC(=O)CCC[n+]1noc(/N=N/[O-])c1/C=C/c1ccccc1. The fraction of sp³-hybridized carbons (Fsp3) is 0.267. The van der Waals surface area contributed by atoms with Crippen molar-refractivity contribution in [2.75, 3.05) is 7.11 Å². The van der Waals surface area contributed by atoms with Crippen LogP contribution in [0.4, 0.5) is 5.88 Å². The van der Waals surface area contributed by atoms with Crippen molar-refractivity contribution in [1.82, 2.24) is 5.27 Å². The summed E-state index contributed by atoms with van der Waals surface area (Å²) in [6.07, 6.45) is 4.35. The lowest BCUT2D eigenvalue weighted by molar-refractivity contribution is -0.763. The highest BCUT2D eigenvalue weighted by Crippen LogP contribution is 2.18. The minimum Gasteiger partial charge on any atom is -0.775 e. The van der Waals surface area contributed by atoms with Gasteiger partial charge in [-0.15, -0.1) is 5.11 Å². The fourth-order valence-corrected chi connectivity index (χ4v) is 1.93. The number of benzene rings is 1. The molecule has 0 bridgehead atoms. The number of carbonyl (C=O) groups excluding carboxylic acids is 1. The second-order valence-corrected chi connectivity index (χ2v) is 4.59. The number of hydrogen-bond donors (Lipinski definition) is 0. The van der Waals surface area contributed by atoms with Crippen molar-refractivity contribution in [3.05, 3.63) is 46.8 Å². The van der Waals surface area contributed by atoms with Crippen LogP contribution in [0.2, 0.25) is 0 Å². The van der Waals surface area contributed by atoms with Crippen molar-refractivity contribution in [2.45, 2.75) is 19.4 Å². The summed E-state index contributed by atoms with van der Waals surface area (Å²) in [5, 5.41) is 20.0. The van der Waals surface area contributed by atoms with Crippen LogP contribution in [0, 0.1) is 5.21 Å². The highest BCUT2D eigenvalue weighted by Gasteiger charge is 2.22. The molecule has 1 heterocycles. The Hall–Kier alpha value is -3.03. The van der Waals surface area contributed by atoms with Crippen molar-refractivity contribution < 1.29 is 18.7 Å². The van der Waals surface area contributed by atoms with Gasteiger partial charge in [0.15, 0.2) is 6.54 Å². The molecule has 23 heavy (non-hydrogen) atoms. The molecule has 0 fully saturated rings. The summed E-state index contributed by atoms with van der Waals surface area (Å²) >= 11 is 0. The highest BCUT2D eigenvalue weighted by atomic mass is 16.5. The van der Waals surface area contributed by atoms with E-state index in [9.17, 15) is 10.0 Å². The van der Waals surface area contributed by atoms with Crippen molar-refractivity contribution in [1.29, 1.82) is 0 Å². The number of esters is 1. The van der Waals surface area contributed by atoms with Crippen molar-refractivity contribution >= 4 is 24.0 Å². The van der Waals surface area contributed by atoms with Gasteiger partial charge in [-0.25, -0.2) is 5.28 Å². The molecule has 120 valence electrons. The first-order chi connectivity index (χ1) is 11.2. The molecule has 0 unspecified atom stereocenters. The third kappa shape index (κ3) is 4.73. The number of ether oxygens (including phenoxy) is 1. The van der Waals surface area contributed by atoms with Crippen LogP contribution < -0.4 is 4.68 Å². The van der Waals surface area contributed by atoms with E-state index in [0.29, 0.717) is 18.7 Å². The zero-order valence-corrected chi connectivity index (χ0v) is 12.6. The summed E-state index contributed by atoms with van der Waals surface area (Å²) in [6.45, 7) is 0.418. The van der Waals surface area contributed by atoms with E-state index in [1.807, 2.05) is 36.4 Å². The highest BCUT2D eigenvalue weighted by molar-refractivity contribution is 5.70. The Morgan fingerprint density at radius 2 is 2.17 bits per heavy atom. The Kier molecular flexibility index (Phi) is 5.98. The molecule has 1 aromatic heterocycles. The lowest BCUT2D eigenvalue weighted by Crippen LogP contribution is -2.38. The van der Waals surface area contributed by atoms with Gasteiger partial charge in [0, 0.05) is 12.5 Å². The molecule has 0 radical (unpaired) electrons. The monoisotopic (exact) mass is 316 g/mol. The van der Waals surface area contributed by atoms with Crippen LogP contribution in [-0.4, -0.2) is 18.4 Å². The zero-order chi connectivity index (χ0) is 16.5. The summed E-state index contributed by atoms with van der Waals surface area (Å²) in [5.74, 6) is -0.278. The first kappa shape index (κ1) is 16.3. The van der Waals surface area contributed by atoms with E-state index in [1.54, 1.807) is 6.08 Å². The summed E-state index contributed by atoms with van der Waals surface area (Å²) in [4.78, 5) is 11.1. The Labute approximate surface area is 132 Å². The number of hydrogen-bond acceptors (Lipinski definition) is 7. The van der Waals surface area contributed by atoms with Crippen molar-refractivity contribution in [3.8, 4) is 0 Å². The van der Waals surface area contributed by atoms with Gasteiger partial charge >= 0.3 is 17.5 Å². The third-order valence-corrected chi connectivity index (χ3v) is 3.07. The summed E-state index contributed by atoms with van der Waals surface area (Å²) in [5.41, 5.74) is 1.47. The molecule has 0 saturated heterocycles. The molecule has 0 aliphatic heterocycles. The van der Waals surface area contributed by atoms with Crippen LogP contribution >= 0.6 is 0 Å². The third-order valence-electron chi connectivity index (χ3n) is 3.07. The van der Waals surface area contributed by atoms with Crippen LogP contribution in [0.5, 0.6) is 0 Å². The van der Waals surface area contributed by atoms with Gasteiger partial charge in [0.05, 0.1) is 13.5 Å². The van der Waals surface area contributed by atoms with E-state index in [2.05, 4.69) is 20.4 Å². The Balaban J connectivity index is 2.16. The maximum Gasteiger partial charge on any atom is 0.346 e. The van der Waals surface area contributed by atoms with Gasteiger partial charge < -0.3 is 9.94 Å². The smallest absolute Gasteiger partial charge is 0.346 e. The lowest BCUT2D eigenvalue weighted by Gasteiger charge is -1.95. The normalized spacial score (nSPS) is 11.3. The molecule has 8 heteroatoms. The number of nitrogens with zero attached hydrogens (tertiary/aromatic N) is 4. The summed E-state index contributed by atoms with van der Waals surface area (Å²) in [7, 11) is 1.34. The fourth-order valence-electron chi connectivity index (χ4n) is 1.93. The molecule has 8 nitrogen and oxygen atoms in total. The van der Waals surface area contributed by atoms with Gasteiger partial charge in [-0.05, 0) is 16.3 Å². The van der Waals surface area contributed by atoms with Crippen LogP contribution in [0.1, 0.15) is 24.1 Å². The molecule has 0 spiro atoms. The maximum absolute atomic E-state index is 11.1. The topological polar surface area (TPSA) is 104 Å². The standard InChI is InChI=1S/C15H16N4O4/c1-22-14(20)8-5-11-19-13(15(16-17-21)23-18-19)10-9-12-6-3-2-4-7-12/h2-4,6-7,9-10H,5,8,11H2,1H3/b10-9+. The van der Waals surface area contributed by atoms with Gasteiger partial charge in [-0.2, -0.15) is 0 Å². The van der Waals surface area contributed by atoms with E-state index in [-0.39, 0.29) is 18.3 Å². The Morgan fingerprint density at radius 3 is 2.87 bits per heavy atom. The average molecular weight is 316 g/mol. The van der Waals surface area contributed by atoms with Crippen LogP contribution in [0.25, 0.3) is 12.2 Å². The van der Waals surface area contributed by atoms with E-state index >= 15 is 0 Å². The Morgan fingerprint density at radius 1 is 1.39 bits per heavy atom. The number of aromatic nitrogens is 2. The maximum atomic E-state index is 11.1. The van der Waals surface area contributed by atoms with Crippen LogP contribution in [-0.2, 0) is 16.1 Å². The summed E-state index contributed by atoms with van der Waals surface area (Å²) < 4.78 is 11.1. The first-order valence-corrected chi connectivity index (χ1v) is 6.97. The van der Waals surface area contributed by atoms with Crippen LogP contribution in [0.3, 0.4) is 0 Å². The van der Waals surface area contributed by atoms with Crippen molar-refractivity contribution in [2.24, 2.45) is 10.4 Å².